The van der Waals surface area contributed by atoms with Crippen molar-refractivity contribution < 1.29 is 9.59 Å². The van der Waals surface area contributed by atoms with Gasteiger partial charge in [-0.3, -0.25) is 9.59 Å². The zero-order chi connectivity index (χ0) is 22.1. The van der Waals surface area contributed by atoms with E-state index in [1.54, 1.807) is 48.5 Å². The Bertz CT molecular complexity index is 1060. The number of aryl methyl sites for hydroxylation is 1. The van der Waals surface area contributed by atoms with Crippen molar-refractivity contribution in [1.82, 2.24) is 5.32 Å². The highest BCUT2D eigenvalue weighted by molar-refractivity contribution is 7.80. The van der Waals surface area contributed by atoms with Gasteiger partial charge in [0.05, 0.1) is 6.42 Å². The molecule has 0 aliphatic heterocycles. The summed E-state index contributed by atoms with van der Waals surface area (Å²) in [4.78, 5) is 24.4. The van der Waals surface area contributed by atoms with Crippen LogP contribution in [0.5, 0.6) is 0 Å². The molecule has 3 aromatic carbocycles. The zero-order valence-corrected chi connectivity index (χ0v) is 18.3. The van der Waals surface area contributed by atoms with Crippen molar-refractivity contribution in [2.45, 2.75) is 19.3 Å². The van der Waals surface area contributed by atoms with Gasteiger partial charge < -0.3 is 16.0 Å². The molecule has 5 nitrogen and oxygen atoms in total. The van der Waals surface area contributed by atoms with Gasteiger partial charge in [0.1, 0.15) is 0 Å². The number of benzene rings is 3. The molecule has 3 N–H and O–H groups in total. The van der Waals surface area contributed by atoms with Gasteiger partial charge in [0.2, 0.25) is 11.8 Å². The maximum atomic E-state index is 12.2. The summed E-state index contributed by atoms with van der Waals surface area (Å²) in [7, 11) is 0. The van der Waals surface area contributed by atoms with E-state index in [0.717, 1.165) is 11.1 Å². The summed E-state index contributed by atoms with van der Waals surface area (Å²) in [6, 6.07) is 24.1. The van der Waals surface area contributed by atoms with Crippen LogP contribution in [0.4, 0.5) is 11.4 Å². The number of carbonyl (C=O) groups excluding carboxylic acids is 2. The quantitative estimate of drug-likeness (QED) is 0.444. The molecule has 0 spiro atoms. The fourth-order valence-electron chi connectivity index (χ4n) is 2.92. The van der Waals surface area contributed by atoms with Crippen molar-refractivity contribution in [3.8, 4) is 0 Å². The molecule has 0 saturated heterocycles. The monoisotopic (exact) mass is 451 g/mol. The lowest BCUT2D eigenvalue weighted by atomic mass is 10.1. The van der Waals surface area contributed by atoms with Crippen LogP contribution in [0.2, 0.25) is 5.02 Å². The first-order valence-electron chi connectivity index (χ1n) is 9.77. The van der Waals surface area contributed by atoms with Crippen molar-refractivity contribution in [2.24, 2.45) is 0 Å². The molecular formula is C24H22ClN3O2S. The number of amides is 2. The molecule has 0 aliphatic rings. The molecular weight excluding hydrogens is 430 g/mol. The van der Waals surface area contributed by atoms with Gasteiger partial charge in [0.25, 0.3) is 0 Å². The molecule has 3 rings (SSSR count). The molecule has 2 amide bonds. The highest BCUT2D eigenvalue weighted by Crippen LogP contribution is 2.16. The Labute approximate surface area is 191 Å². The molecule has 0 bridgehead atoms. The van der Waals surface area contributed by atoms with Crippen LogP contribution in [0.1, 0.15) is 17.5 Å². The third kappa shape index (κ3) is 7.85. The van der Waals surface area contributed by atoms with Crippen LogP contribution < -0.4 is 16.0 Å². The van der Waals surface area contributed by atoms with Gasteiger partial charge in [0.15, 0.2) is 5.11 Å². The van der Waals surface area contributed by atoms with Crippen molar-refractivity contribution in [3.63, 3.8) is 0 Å². The number of nitrogens with one attached hydrogen (secondary N) is 3. The maximum absolute atomic E-state index is 12.2. The SMILES string of the molecule is O=C(Cc1ccc(Cl)cc1)NC(=S)Nc1cccc(NC(=O)CCc2ccccc2)c1. The molecule has 0 aromatic heterocycles. The Morgan fingerprint density at radius 2 is 1.45 bits per heavy atom. The van der Waals surface area contributed by atoms with Crippen LogP contribution >= 0.6 is 23.8 Å². The average Bonchev–Trinajstić information content (AvgIpc) is 2.75. The third-order valence-corrected chi connectivity index (χ3v) is 4.87. The predicted molar refractivity (Wildman–Crippen MR) is 129 cm³/mol. The highest BCUT2D eigenvalue weighted by Gasteiger charge is 2.08. The minimum absolute atomic E-state index is 0.0696. The molecule has 7 heteroatoms. The number of anilines is 2. The largest absolute Gasteiger partial charge is 0.332 e. The first-order chi connectivity index (χ1) is 15.0. The normalized spacial score (nSPS) is 10.2. The van der Waals surface area contributed by atoms with Crippen LogP contribution in [0, 0.1) is 0 Å². The van der Waals surface area contributed by atoms with Gasteiger partial charge in [-0.2, -0.15) is 0 Å². The standard InChI is InChI=1S/C24H22ClN3O2S/c25-19-12-9-18(10-13-19)15-23(30)28-24(31)27-21-8-4-7-20(16-21)26-22(29)14-11-17-5-2-1-3-6-17/h1-10,12-13,16H,11,14-15H2,(H,26,29)(H2,27,28,30,31). The average molecular weight is 452 g/mol. The third-order valence-electron chi connectivity index (χ3n) is 4.42. The first-order valence-corrected chi connectivity index (χ1v) is 10.6. The molecule has 0 saturated carbocycles. The van der Waals surface area contributed by atoms with Crippen LogP contribution in [-0.2, 0) is 22.4 Å². The smallest absolute Gasteiger partial charge is 0.230 e. The molecule has 0 fully saturated rings. The maximum Gasteiger partial charge on any atom is 0.230 e. The number of hydrogen-bond acceptors (Lipinski definition) is 3. The Balaban J connectivity index is 1.47. The lowest BCUT2D eigenvalue weighted by molar-refractivity contribution is -0.119. The van der Waals surface area contributed by atoms with Crippen molar-refractivity contribution in [2.75, 3.05) is 10.6 Å². The second-order valence-electron chi connectivity index (χ2n) is 6.92. The summed E-state index contributed by atoms with van der Waals surface area (Å²) < 4.78 is 0. The summed E-state index contributed by atoms with van der Waals surface area (Å²) in [5.41, 5.74) is 3.27. The predicted octanol–water partition coefficient (Wildman–Crippen LogP) is 4.97. The van der Waals surface area contributed by atoms with E-state index in [9.17, 15) is 9.59 Å². The number of rotatable bonds is 7. The van der Waals surface area contributed by atoms with Crippen LogP contribution in [0.25, 0.3) is 0 Å². The van der Waals surface area contributed by atoms with Gasteiger partial charge in [-0.25, -0.2) is 0 Å². The minimum Gasteiger partial charge on any atom is -0.332 e. The topological polar surface area (TPSA) is 70.2 Å². The fraction of sp³-hybridized carbons (Fsp3) is 0.125. The van der Waals surface area contributed by atoms with Gasteiger partial charge in [-0.15, -0.1) is 0 Å². The van der Waals surface area contributed by atoms with Crippen molar-refractivity contribution in [1.29, 1.82) is 0 Å². The van der Waals surface area contributed by atoms with Gasteiger partial charge in [-0.1, -0.05) is 60.1 Å². The Hall–Kier alpha value is -3.22. The lowest BCUT2D eigenvalue weighted by Crippen LogP contribution is -2.35. The summed E-state index contributed by atoms with van der Waals surface area (Å²) in [5.74, 6) is -0.301. The second-order valence-corrected chi connectivity index (χ2v) is 7.76. The van der Waals surface area contributed by atoms with Crippen LogP contribution in [-0.4, -0.2) is 16.9 Å². The highest BCUT2D eigenvalue weighted by atomic mass is 35.5. The Kier molecular flexibility index (Phi) is 8.15. The van der Waals surface area contributed by atoms with Gasteiger partial charge in [-0.05, 0) is 60.1 Å². The van der Waals surface area contributed by atoms with Gasteiger partial charge in [0, 0.05) is 22.8 Å². The summed E-state index contributed by atoms with van der Waals surface area (Å²) in [6.45, 7) is 0. The molecule has 0 unspecified atom stereocenters. The van der Waals surface area contributed by atoms with E-state index in [-0.39, 0.29) is 23.3 Å². The van der Waals surface area contributed by atoms with E-state index in [2.05, 4.69) is 16.0 Å². The Morgan fingerprint density at radius 3 is 2.16 bits per heavy atom. The van der Waals surface area contributed by atoms with E-state index in [4.69, 9.17) is 23.8 Å². The van der Waals surface area contributed by atoms with E-state index in [1.165, 1.54) is 0 Å². The summed E-state index contributed by atoms with van der Waals surface area (Å²) >= 11 is 11.1. The lowest BCUT2D eigenvalue weighted by Gasteiger charge is -2.11. The zero-order valence-electron chi connectivity index (χ0n) is 16.7. The molecule has 0 atom stereocenters. The van der Waals surface area contributed by atoms with Crippen molar-refractivity contribution >= 4 is 52.1 Å². The van der Waals surface area contributed by atoms with E-state index in [1.807, 2.05) is 30.3 Å². The summed E-state index contributed by atoms with van der Waals surface area (Å²) in [6.07, 6.45) is 1.26. The minimum atomic E-state index is -0.231. The second kappa shape index (κ2) is 11.2. The molecule has 0 aliphatic carbocycles. The molecule has 31 heavy (non-hydrogen) atoms. The van der Waals surface area contributed by atoms with Gasteiger partial charge >= 0.3 is 0 Å². The fourth-order valence-corrected chi connectivity index (χ4v) is 3.28. The summed E-state index contributed by atoms with van der Waals surface area (Å²) in [5, 5.41) is 9.31. The molecule has 0 heterocycles. The van der Waals surface area contributed by atoms with Crippen molar-refractivity contribution in [3.05, 3.63) is 95.0 Å². The number of halogens is 1. The van der Waals surface area contributed by atoms with E-state index in [0.29, 0.717) is 29.2 Å². The number of hydrogen-bond donors (Lipinski definition) is 3. The first kappa shape index (κ1) is 22.5. The number of thiocarbonyl (C=S) groups is 1. The van der Waals surface area contributed by atoms with E-state index >= 15 is 0 Å². The molecule has 3 aromatic rings. The van der Waals surface area contributed by atoms with Crippen LogP contribution in [0.3, 0.4) is 0 Å². The molecule has 158 valence electrons. The Morgan fingerprint density at radius 1 is 0.774 bits per heavy atom. The number of carbonyl (C=O) groups is 2. The molecule has 0 radical (unpaired) electrons. The van der Waals surface area contributed by atoms with E-state index < -0.39 is 0 Å². The van der Waals surface area contributed by atoms with Crippen LogP contribution in [0.15, 0.2) is 78.9 Å².